The van der Waals surface area contributed by atoms with Crippen molar-refractivity contribution in [2.24, 2.45) is 0 Å². The average molecular weight is 381 g/mol. The van der Waals surface area contributed by atoms with Crippen LogP contribution in [0.3, 0.4) is 0 Å². The largest absolute Gasteiger partial charge is 0.496 e. The second-order valence-electron chi connectivity index (χ2n) is 5.20. The van der Waals surface area contributed by atoms with E-state index in [1.807, 2.05) is 0 Å². The van der Waals surface area contributed by atoms with Crippen molar-refractivity contribution in [2.45, 2.75) is 13.0 Å². The van der Waals surface area contributed by atoms with Gasteiger partial charge in [-0.1, -0.05) is 0 Å². The third-order valence-electron chi connectivity index (χ3n) is 3.78. The molecule has 2 rings (SSSR count). The fourth-order valence-corrected chi connectivity index (χ4v) is 3.30. The lowest BCUT2D eigenvalue weighted by molar-refractivity contribution is -0.148. The van der Waals surface area contributed by atoms with Gasteiger partial charge in [0.25, 0.3) is 11.1 Å². The molecule has 1 heterocycles. The number of benzene rings is 1. The predicted octanol–water partition coefficient (Wildman–Crippen LogP) is 2.31. The van der Waals surface area contributed by atoms with E-state index in [1.54, 1.807) is 12.1 Å². The van der Waals surface area contributed by atoms with Crippen molar-refractivity contribution in [1.29, 1.82) is 0 Å². The van der Waals surface area contributed by atoms with Gasteiger partial charge < -0.3 is 18.9 Å². The van der Waals surface area contributed by atoms with Crippen LogP contribution in [0.25, 0.3) is 6.08 Å². The topological polar surface area (TPSA) is 91.4 Å². The monoisotopic (exact) mass is 381 g/mol. The minimum atomic E-state index is -1.01. The van der Waals surface area contributed by atoms with Gasteiger partial charge in [-0.3, -0.25) is 14.5 Å². The first-order valence-corrected chi connectivity index (χ1v) is 8.34. The number of methoxy groups -OCH3 is 4. The van der Waals surface area contributed by atoms with Crippen LogP contribution in [0, 0.1) is 0 Å². The Labute approximate surface area is 155 Å². The van der Waals surface area contributed by atoms with Crippen molar-refractivity contribution in [3.05, 3.63) is 22.6 Å². The molecule has 0 spiro atoms. The van der Waals surface area contributed by atoms with Gasteiger partial charge in [0.1, 0.15) is 11.8 Å². The SMILES string of the molecule is COC(=O)[C@@H](C)N1C(=O)S/C(=C/c2cc(OC)c(OC)cc2OC)C1=O. The number of ether oxygens (including phenoxy) is 4. The van der Waals surface area contributed by atoms with Crippen LogP contribution in [-0.4, -0.2) is 56.5 Å². The van der Waals surface area contributed by atoms with Crippen molar-refractivity contribution in [3.63, 3.8) is 0 Å². The minimum Gasteiger partial charge on any atom is -0.496 e. The quantitative estimate of drug-likeness (QED) is 0.548. The van der Waals surface area contributed by atoms with Gasteiger partial charge in [0.2, 0.25) is 0 Å². The summed E-state index contributed by atoms with van der Waals surface area (Å²) in [4.78, 5) is 37.4. The molecule has 1 aromatic rings. The molecule has 0 aliphatic carbocycles. The van der Waals surface area contributed by atoms with Gasteiger partial charge in [-0.15, -0.1) is 0 Å². The van der Waals surface area contributed by atoms with Crippen LogP contribution in [0.5, 0.6) is 17.2 Å². The van der Waals surface area contributed by atoms with E-state index in [1.165, 1.54) is 41.4 Å². The van der Waals surface area contributed by atoms with E-state index in [2.05, 4.69) is 4.74 Å². The summed E-state index contributed by atoms with van der Waals surface area (Å²) >= 11 is 0.739. The van der Waals surface area contributed by atoms with Crippen LogP contribution < -0.4 is 14.2 Å². The molecule has 0 aromatic heterocycles. The molecule has 8 nitrogen and oxygen atoms in total. The molecule has 1 atom stereocenters. The minimum absolute atomic E-state index is 0.163. The molecule has 1 aromatic carbocycles. The lowest BCUT2D eigenvalue weighted by Crippen LogP contribution is -2.42. The van der Waals surface area contributed by atoms with Crippen LogP contribution in [0.1, 0.15) is 12.5 Å². The molecule has 0 saturated carbocycles. The molecular formula is C17H19NO7S. The summed E-state index contributed by atoms with van der Waals surface area (Å²) in [7, 11) is 5.66. The fraction of sp³-hybridized carbons (Fsp3) is 0.353. The van der Waals surface area contributed by atoms with Gasteiger partial charge in [0, 0.05) is 11.6 Å². The molecule has 0 bridgehead atoms. The summed E-state index contributed by atoms with van der Waals surface area (Å²) in [5.74, 6) is 0.109. The lowest BCUT2D eigenvalue weighted by atomic mass is 10.1. The van der Waals surface area contributed by atoms with Crippen LogP contribution in [-0.2, 0) is 14.3 Å². The Kier molecular flexibility index (Phi) is 6.14. The standard InChI is InChI=1S/C17H19NO7S/c1-9(16(20)25-5)18-15(19)14(26-17(18)21)7-10-6-12(23-3)13(24-4)8-11(10)22-2/h6-9H,1-5H3/b14-7+/t9-/m1/s1. The maximum absolute atomic E-state index is 12.6. The Morgan fingerprint density at radius 3 is 2.15 bits per heavy atom. The van der Waals surface area contributed by atoms with Crippen molar-refractivity contribution >= 4 is 35.0 Å². The number of hydrogen-bond donors (Lipinski definition) is 0. The van der Waals surface area contributed by atoms with Crippen molar-refractivity contribution < 1.29 is 33.3 Å². The molecule has 1 fully saturated rings. The van der Waals surface area contributed by atoms with Gasteiger partial charge >= 0.3 is 5.97 Å². The number of carbonyl (C=O) groups excluding carboxylic acids is 3. The zero-order valence-electron chi connectivity index (χ0n) is 15.0. The van der Waals surface area contributed by atoms with E-state index >= 15 is 0 Å². The first-order chi connectivity index (χ1) is 12.4. The highest BCUT2D eigenvalue weighted by Gasteiger charge is 2.41. The fourth-order valence-electron chi connectivity index (χ4n) is 2.40. The first kappa shape index (κ1) is 19.6. The highest BCUT2D eigenvalue weighted by molar-refractivity contribution is 8.18. The highest BCUT2D eigenvalue weighted by Crippen LogP contribution is 2.39. The number of thioether (sulfide) groups is 1. The van der Waals surface area contributed by atoms with Gasteiger partial charge in [0.15, 0.2) is 11.5 Å². The molecule has 1 aliphatic rings. The molecule has 0 unspecified atom stereocenters. The normalized spacial score (nSPS) is 16.7. The smallest absolute Gasteiger partial charge is 0.328 e. The molecule has 1 aliphatic heterocycles. The molecule has 140 valence electrons. The summed E-state index contributed by atoms with van der Waals surface area (Å²) in [5.41, 5.74) is 0.529. The maximum atomic E-state index is 12.6. The number of rotatable bonds is 6. The summed E-state index contributed by atoms with van der Waals surface area (Å²) < 4.78 is 20.4. The number of amides is 2. The highest BCUT2D eigenvalue weighted by atomic mass is 32.2. The van der Waals surface area contributed by atoms with E-state index in [-0.39, 0.29) is 4.91 Å². The molecule has 26 heavy (non-hydrogen) atoms. The average Bonchev–Trinajstić information content (AvgIpc) is 2.93. The van der Waals surface area contributed by atoms with Crippen LogP contribution in [0.4, 0.5) is 4.79 Å². The van der Waals surface area contributed by atoms with Crippen molar-refractivity contribution in [3.8, 4) is 17.2 Å². The first-order valence-electron chi connectivity index (χ1n) is 7.52. The van der Waals surface area contributed by atoms with Crippen molar-refractivity contribution in [1.82, 2.24) is 4.90 Å². The molecule has 0 N–H and O–H groups in total. The number of imide groups is 1. The summed E-state index contributed by atoms with van der Waals surface area (Å²) in [6.45, 7) is 1.43. The van der Waals surface area contributed by atoms with Gasteiger partial charge in [-0.05, 0) is 30.8 Å². The van der Waals surface area contributed by atoms with Crippen LogP contribution in [0.2, 0.25) is 0 Å². The van der Waals surface area contributed by atoms with E-state index < -0.39 is 23.2 Å². The molecular weight excluding hydrogens is 362 g/mol. The van der Waals surface area contributed by atoms with E-state index in [0.29, 0.717) is 22.8 Å². The zero-order chi connectivity index (χ0) is 19.4. The Balaban J connectivity index is 2.43. The lowest BCUT2D eigenvalue weighted by Gasteiger charge is -2.18. The molecule has 9 heteroatoms. The Bertz CT molecular complexity index is 775. The van der Waals surface area contributed by atoms with Gasteiger partial charge in [-0.2, -0.15) is 0 Å². The summed E-state index contributed by atoms with van der Waals surface area (Å²) in [5, 5.41) is -0.543. The van der Waals surface area contributed by atoms with Crippen LogP contribution >= 0.6 is 11.8 Å². The number of hydrogen-bond acceptors (Lipinski definition) is 8. The Hall–Kier alpha value is -2.68. The van der Waals surface area contributed by atoms with E-state index in [0.717, 1.165) is 16.7 Å². The Morgan fingerprint density at radius 2 is 1.62 bits per heavy atom. The van der Waals surface area contributed by atoms with E-state index in [4.69, 9.17) is 14.2 Å². The Morgan fingerprint density at radius 1 is 1.04 bits per heavy atom. The van der Waals surface area contributed by atoms with Crippen molar-refractivity contribution in [2.75, 3.05) is 28.4 Å². The van der Waals surface area contributed by atoms with Gasteiger partial charge in [0.05, 0.1) is 33.3 Å². The second-order valence-corrected chi connectivity index (χ2v) is 6.19. The maximum Gasteiger partial charge on any atom is 0.328 e. The molecule has 1 saturated heterocycles. The second kappa shape index (κ2) is 8.13. The van der Waals surface area contributed by atoms with Gasteiger partial charge in [-0.25, -0.2) is 4.79 Å². The number of esters is 1. The predicted molar refractivity (Wildman–Crippen MR) is 95.4 cm³/mol. The third kappa shape index (κ3) is 3.62. The van der Waals surface area contributed by atoms with Crippen LogP contribution in [0.15, 0.2) is 17.0 Å². The van der Waals surface area contributed by atoms with E-state index in [9.17, 15) is 14.4 Å². The third-order valence-corrected chi connectivity index (χ3v) is 4.66. The molecule has 2 amide bonds. The summed E-state index contributed by atoms with van der Waals surface area (Å²) in [6.07, 6.45) is 1.51. The number of nitrogens with zero attached hydrogens (tertiary/aromatic N) is 1. The zero-order valence-corrected chi connectivity index (χ0v) is 15.8. The molecule has 0 radical (unpaired) electrons. The summed E-state index contributed by atoms with van der Waals surface area (Å²) in [6, 6.07) is 2.24. The number of carbonyl (C=O) groups is 3.